The van der Waals surface area contributed by atoms with Crippen molar-refractivity contribution in [3.05, 3.63) is 40.1 Å². The summed E-state index contributed by atoms with van der Waals surface area (Å²) in [5, 5.41) is 9.40. The second kappa shape index (κ2) is 2.60. The summed E-state index contributed by atoms with van der Waals surface area (Å²) in [5.41, 5.74) is 2.29. The molecule has 1 aromatic rings. The van der Waals surface area contributed by atoms with Crippen LogP contribution < -0.4 is 10.8 Å². The van der Waals surface area contributed by atoms with Crippen molar-refractivity contribution in [1.82, 2.24) is 4.98 Å². The fourth-order valence-electron chi connectivity index (χ4n) is 1.62. The summed E-state index contributed by atoms with van der Waals surface area (Å²) in [6, 6.07) is 0. The van der Waals surface area contributed by atoms with Crippen molar-refractivity contribution in [2.45, 2.75) is 0 Å². The maximum atomic E-state index is 10.7. The number of pyridine rings is 1. The second-order valence-corrected chi connectivity index (χ2v) is 3.19. The summed E-state index contributed by atoms with van der Waals surface area (Å²) in [5.74, 6) is -1.03. The molecular formula is C10H5N3O2. The molecule has 0 unspecified atom stereocenters. The smallest absolute Gasteiger partial charge is 0.354 e. The molecule has 1 N–H and O–H groups in total. The molecule has 72 valence electrons. The van der Waals surface area contributed by atoms with Crippen LogP contribution in [0.25, 0.3) is 12.2 Å². The van der Waals surface area contributed by atoms with Gasteiger partial charge in [0.15, 0.2) is 5.49 Å². The van der Waals surface area contributed by atoms with E-state index in [0.717, 1.165) is 11.1 Å². The first-order valence-electron chi connectivity index (χ1n) is 4.33. The van der Waals surface area contributed by atoms with Crippen molar-refractivity contribution in [2.75, 3.05) is 0 Å². The highest BCUT2D eigenvalue weighted by atomic mass is 16.4. The van der Waals surface area contributed by atoms with Crippen LogP contribution in [0, 0.1) is 0 Å². The highest BCUT2D eigenvalue weighted by Gasteiger charge is 2.17. The fraction of sp³-hybridized carbons (Fsp3) is 0. The quantitative estimate of drug-likeness (QED) is 0.677. The standard InChI is InChI=1S/C10H5N3O2/c14-10(15)7-3-6-5-1-2-11-9(5)12-4-8(6)13-7/h1-4H,(H,14,15). The number of carboxylic acid groups (broad SMARTS) is 1. The van der Waals surface area contributed by atoms with Gasteiger partial charge in [-0.2, -0.15) is 0 Å². The van der Waals surface area contributed by atoms with Gasteiger partial charge in [-0.3, -0.25) is 0 Å². The molecule has 3 rings (SSSR count). The molecule has 5 nitrogen and oxygen atoms in total. The van der Waals surface area contributed by atoms with E-state index in [4.69, 9.17) is 5.11 Å². The maximum Gasteiger partial charge on any atom is 0.354 e. The van der Waals surface area contributed by atoms with E-state index in [0.29, 0.717) is 10.8 Å². The molecule has 2 aliphatic heterocycles. The molecule has 0 atom stereocenters. The Morgan fingerprint density at radius 2 is 2.20 bits per heavy atom. The molecule has 0 spiro atoms. The van der Waals surface area contributed by atoms with Crippen LogP contribution in [-0.2, 0) is 4.79 Å². The van der Waals surface area contributed by atoms with Crippen LogP contribution >= 0.6 is 0 Å². The molecule has 3 heterocycles. The number of hydrogen-bond acceptors (Lipinski definition) is 4. The van der Waals surface area contributed by atoms with Crippen molar-refractivity contribution in [2.24, 2.45) is 9.98 Å². The zero-order valence-electron chi connectivity index (χ0n) is 7.51. The zero-order chi connectivity index (χ0) is 10.4. The van der Waals surface area contributed by atoms with Gasteiger partial charge in [0.25, 0.3) is 0 Å². The predicted octanol–water partition coefficient (Wildman–Crippen LogP) is -0.256. The van der Waals surface area contributed by atoms with Crippen LogP contribution in [0.4, 0.5) is 0 Å². The van der Waals surface area contributed by atoms with Crippen LogP contribution in [0.15, 0.2) is 28.1 Å². The normalized spacial score (nSPS) is 15.1. The summed E-state index contributed by atoms with van der Waals surface area (Å²) in [6.45, 7) is 0. The van der Waals surface area contributed by atoms with Gasteiger partial charge in [0, 0.05) is 17.3 Å². The van der Waals surface area contributed by atoms with E-state index in [1.807, 2.05) is 0 Å². The van der Waals surface area contributed by atoms with Crippen molar-refractivity contribution in [3.63, 3.8) is 0 Å². The average Bonchev–Trinajstić information content (AvgIpc) is 2.82. The average molecular weight is 199 g/mol. The molecule has 2 aliphatic rings. The summed E-state index contributed by atoms with van der Waals surface area (Å²) >= 11 is 0. The third kappa shape index (κ3) is 1.03. The number of aliphatic carboxylic acids is 1. The monoisotopic (exact) mass is 199 g/mol. The molecular weight excluding hydrogens is 194 g/mol. The highest BCUT2D eigenvalue weighted by Crippen LogP contribution is 2.14. The van der Waals surface area contributed by atoms with Crippen LogP contribution in [0.5, 0.6) is 0 Å². The SMILES string of the molecule is O=C(O)C1=Cc2c3c(ncc2=N1)=NC=C3. The lowest BCUT2D eigenvalue weighted by Gasteiger charge is -1.93. The Morgan fingerprint density at radius 1 is 1.33 bits per heavy atom. The first kappa shape index (κ1) is 8.05. The van der Waals surface area contributed by atoms with Gasteiger partial charge in [0.1, 0.15) is 5.70 Å². The van der Waals surface area contributed by atoms with Crippen molar-refractivity contribution in [1.29, 1.82) is 0 Å². The van der Waals surface area contributed by atoms with Crippen LogP contribution in [0.1, 0.15) is 11.1 Å². The number of carboxylic acids is 1. The number of fused-ring (bicyclic) bond motifs is 3. The van der Waals surface area contributed by atoms with E-state index in [-0.39, 0.29) is 5.70 Å². The largest absolute Gasteiger partial charge is 0.477 e. The number of nitrogens with zero attached hydrogens (tertiary/aromatic N) is 3. The van der Waals surface area contributed by atoms with E-state index in [2.05, 4.69) is 15.0 Å². The van der Waals surface area contributed by atoms with Crippen molar-refractivity contribution in [3.8, 4) is 0 Å². The lowest BCUT2D eigenvalue weighted by atomic mass is 10.1. The fourth-order valence-corrected chi connectivity index (χ4v) is 1.62. The van der Waals surface area contributed by atoms with Crippen LogP contribution in [-0.4, -0.2) is 16.1 Å². The Hall–Kier alpha value is -2.30. The molecule has 0 amide bonds. The molecule has 0 aromatic carbocycles. The summed E-state index contributed by atoms with van der Waals surface area (Å²) < 4.78 is 0. The lowest BCUT2D eigenvalue weighted by Crippen LogP contribution is -2.18. The molecule has 15 heavy (non-hydrogen) atoms. The van der Waals surface area contributed by atoms with E-state index in [9.17, 15) is 4.79 Å². The molecule has 0 bridgehead atoms. The predicted molar refractivity (Wildman–Crippen MR) is 51.2 cm³/mol. The molecule has 0 saturated carbocycles. The summed E-state index contributed by atoms with van der Waals surface area (Å²) in [4.78, 5) is 22.8. The van der Waals surface area contributed by atoms with Crippen molar-refractivity contribution >= 4 is 18.1 Å². The minimum Gasteiger partial charge on any atom is -0.477 e. The van der Waals surface area contributed by atoms with Gasteiger partial charge in [0.2, 0.25) is 0 Å². The number of hydrogen-bond donors (Lipinski definition) is 1. The Labute approximate surface area is 83.8 Å². The van der Waals surface area contributed by atoms with Gasteiger partial charge in [-0.1, -0.05) is 0 Å². The third-order valence-corrected chi connectivity index (χ3v) is 2.30. The number of rotatable bonds is 1. The molecule has 0 radical (unpaired) electrons. The Morgan fingerprint density at radius 3 is 3.00 bits per heavy atom. The Bertz CT molecular complexity index is 656. The Balaban J connectivity index is 2.34. The summed E-state index contributed by atoms with van der Waals surface area (Å²) in [6.07, 6.45) is 6.53. The van der Waals surface area contributed by atoms with E-state index in [1.165, 1.54) is 6.20 Å². The van der Waals surface area contributed by atoms with Crippen LogP contribution in [0.2, 0.25) is 0 Å². The molecule has 1 aromatic heterocycles. The third-order valence-electron chi connectivity index (χ3n) is 2.30. The van der Waals surface area contributed by atoms with E-state index < -0.39 is 5.97 Å². The molecule has 0 saturated heterocycles. The summed E-state index contributed by atoms with van der Waals surface area (Å²) in [7, 11) is 0. The number of carbonyl (C=O) groups is 1. The van der Waals surface area contributed by atoms with Gasteiger partial charge in [-0.15, -0.1) is 0 Å². The molecule has 0 fully saturated rings. The minimum absolute atomic E-state index is 0.0421. The minimum atomic E-state index is -1.03. The molecule has 5 heteroatoms. The topological polar surface area (TPSA) is 74.9 Å². The Kier molecular flexibility index (Phi) is 1.39. The van der Waals surface area contributed by atoms with Gasteiger partial charge in [-0.05, 0) is 12.2 Å². The van der Waals surface area contributed by atoms with E-state index >= 15 is 0 Å². The van der Waals surface area contributed by atoms with E-state index in [1.54, 1.807) is 18.4 Å². The number of aromatic nitrogens is 1. The van der Waals surface area contributed by atoms with Crippen LogP contribution in [0.3, 0.4) is 0 Å². The van der Waals surface area contributed by atoms with Crippen molar-refractivity contribution < 1.29 is 9.90 Å². The zero-order valence-corrected chi connectivity index (χ0v) is 7.51. The molecule has 0 aliphatic carbocycles. The highest BCUT2D eigenvalue weighted by molar-refractivity contribution is 5.93. The van der Waals surface area contributed by atoms with Gasteiger partial charge < -0.3 is 5.11 Å². The van der Waals surface area contributed by atoms with Gasteiger partial charge >= 0.3 is 5.97 Å². The van der Waals surface area contributed by atoms with Gasteiger partial charge in [0.05, 0.1) is 11.6 Å². The second-order valence-electron chi connectivity index (χ2n) is 3.19. The first-order valence-corrected chi connectivity index (χ1v) is 4.33. The first-order chi connectivity index (χ1) is 7.25. The lowest BCUT2D eigenvalue weighted by molar-refractivity contribution is -0.132. The maximum absolute atomic E-state index is 10.7. The van der Waals surface area contributed by atoms with Gasteiger partial charge in [-0.25, -0.2) is 19.8 Å².